The maximum Gasteiger partial charge on any atom is 0.278 e. The number of hydrogen-bond acceptors (Lipinski definition) is 4. The van der Waals surface area contributed by atoms with Crippen molar-refractivity contribution in [1.82, 2.24) is 14.7 Å². The van der Waals surface area contributed by atoms with Crippen molar-refractivity contribution in [1.29, 1.82) is 0 Å². The van der Waals surface area contributed by atoms with Gasteiger partial charge in [-0.1, -0.05) is 53.6 Å². The van der Waals surface area contributed by atoms with Gasteiger partial charge in [-0.15, -0.1) is 0 Å². The van der Waals surface area contributed by atoms with E-state index in [2.05, 4.69) is 22.9 Å². The molecule has 0 N–H and O–H groups in total. The molecule has 2 aromatic rings. The van der Waals surface area contributed by atoms with Crippen LogP contribution >= 0.6 is 0 Å². The van der Waals surface area contributed by atoms with E-state index in [-0.39, 0.29) is 11.8 Å². The summed E-state index contributed by atoms with van der Waals surface area (Å²) >= 11 is 0. The standard InChI is InChI=1S/C25H29N3O2/c1-17-5-8-20(9-6-17)16-28-24(29)22(21-10-7-18(2)15-19(21)3)23(25(28)30)27-13-11-26(4)12-14-27/h5-10,15H,11-14,16H2,1-4H3. The van der Waals surface area contributed by atoms with Gasteiger partial charge in [-0.05, 0) is 44.5 Å². The molecule has 5 nitrogen and oxygen atoms in total. The van der Waals surface area contributed by atoms with Gasteiger partial charge in [0, 0.05) is 26.2 Å². The number of piperazine rings is 1. The van der Waals surface area contributed by atoms with E-state index in [9.17, 15) is 9.59 Å². The average Bonchev–Trinajstić information content (AvgIpc) is 2.95. The first-order chi connectivity index (χ1) is 14.3. The summed E-state index contributed by atoms with van der Waals surface area (Å²) in [4.78, 5) is 32.8. The Kier molecular flexibility index (Phi) is 5.48. The molecular formula is C25H29N3O2. The Morgan fingerprint density at radius 2 is 1.43 bits per heavy atom. The Hall–Kier alpha value is -2.92. The van der Waals surface area contributed by atoms with E-state index in [1.54, 1.807) is 0 Å². The fourth-order valence-electron chi connectivity index (χ4n) is 4.24. The first kappa shape index (κ1) is 20.4. The molecule has 4 rings (SSSR count). The van der Waals surface area contributed by atoms with Gasteiger partial charge in [0.2, 0.25) is 0 Å². The van der Waals surface area contributed by atoms with Crippen LogP contribution in [0.2, 0.25) is 0 Å². The molecule has 2 heterocycles. The van der Waals surface area contributed by atoms with E-state index in [1.807, 2.05) is 57.2 Å². The zero-order chi connectivity index (χ0) is 21.4. The van der Waals surface area contributed by atoms with Gasteiger partial charge in [0.05, 0.1) is 12.1 Å². The van der Waals surface area contributed by atoms with Gasteiger partial charge in [-0.3, -0.25) is 14.5 Å². The molecule has 30 heavy (non-hydrogen) atoms. The highest BCUT2D eigenvalue weighted by atomic mass is 16.2. The van der Waals surface area contributed by atoms with Crippen LogP contribution in [-0.4, -0.2) is 59.7 Å². The van der Waals surface area contributed by atoms with Crippen LogP contribution in [0.15, 0.2) is 48.2 Å². The van der Waals surface area contributed by atoms with Gasteiger partial charge in [-0.25, -0.2) is 0 Å². The topological polar surface area (TPSA) is 43.9 Å². The molecule has 2 aromatic carbocycles. The van der Waals surface area contributed by atoms with Crippen LogP contribution in [0.25, 0.3) is 5.57 Å². The largest absolute Gasteiger partial charge is 0.364 e. The van der Waals surface area contributed by atoms with Crippen molar-refractivity contribution >= 4 is 17.4 Å². The van der Waals surface area contributed by atoms with E-state index < -0.39 is 0 Å². The molecule has 0 spiro atoms. The van der Waals surface area contributed by atoms with Gasteiger partial charge in [-0.2, -0.15) is 0 Å². The molecule has 2 aliphatic rings. The minimum absolute atomic E-state index is 0.180. The lowest BCUT2D eigenvalue weighted by Crippen LogP contribution is -2.46. The molecule has 0 atom stereocenters. The number of nitrogens with zero attached hydrogens (tertiary/aromatic N) is 3. The minimum Gasteiger partial charge on any atom is -0.364 e. The van der Waals surface area contributed by atoms with Gasteiger partial charge in [0.15, 0.2) is 0 Å². The molecule has 0 unspecified atom stereocenters. The molecule has 156 valence electrons. The van der Waals surface area contributed by atoms with Crippen molar-refractivity contribution in [2.24, 2.45) is 0 Å². The predicted molar refractivity (Wildman–Crippen MR) is 119 cm³/mol. The average molecular weight is 404 g/mol. The summed E-state index contributed by atoms with van der Waals surface area (Å²) < 4.78 is 0. The van der Waals surface area contributed by atoms with Crippen LogP contribution in [0.3, 0.4) is 0 Å². The summed E-state index contributed by atoms with van der Waals surface area (Å²) in [5, 5.41) is 0. The highest BCUT2D eigenvalue weighted by molar-refractivity contribution is 6.35. The second kappa shape index (κ2) is 8.07. The molecule has 0 aliphatic carbocycles. The third-order valence-corrected chi connectivity index (χ3v) is 6.08. The van der Waals surface area contributed by atoms with Crippen molar-refractivity contribution in [3.8, 4) is 0 Å². The summed E-state index contributed by atoms with van der Waals surface area (Å²) in [7, 11) is 2.09. The molecule has 0 bridgehead atoms. The van der Waals surface area contributed by atoms with Crippen molar-refractivity contribution in [3.63, 3.8) is 0 Å². The van der Waals surface area contributed by atoms with Crippen LogP contribution in [0.5, 0.6) is 0 Å². The fourth-order valence-corrected chi connectivity index (χ4v) is 4.24. The number of benzene rings is 2. The minimum atomic E-state index is -0.193. The van der Waals surface area contributed by atoms with Crippen LogP contribution in [-0.2, 0) is 16.1 Å². The van der Waals surface area contributed by atoms with Crippen molar-refractivity contribution in [3.05, 3.63) is 76.0 Å². The summed E-state index contributed by atoms with van der Waals surface area (Å²) in [6, 6.07) is 14.1. The lowest BCUT2D eigenvalue weighted by atomic mass is 9.97. The zero-order valence-corrected chi connectivity index (χ0v) is 18.2. The number of imide groups is 1. The molecule has 0 radical (unpaired) electrons. The molecular weight excluding hydrogens is 374 g/mol. The third kappa shape index (κ3) is 3.77. The van der Waals surface area contributed by atoms with Crippen molar-refractivity contribution < 1.29 is 9.59 Å². The molecule has 1 saturated heterocycles. The molecule has 0 saturated carbocycles. The number of rotatable bonds is 4. The Labute approximate surface area is 178 Å². The maximum absolute atomic E-state index is 13.6. The van der Waals surface area contributed by atoms with Gasteiger partial charge in [0.25, 0.3) is 11.8 Å². The summed E-state index contributed by atoms with van der Waals surface area (Å²) in [6.07, 6.45) is 0. The van der Waals surface area contributed by atoms with E-state index >= 15 is 0 Å². The normalized spacial score (nSPS) is 18.0. The lowest BCUT2D eigenvalue weighted by molar-refractivity contribution is -0.138. The van der Waals surface area contributed by atoms with Crippen molar-refractivity contribution in [2.75, 3.05) is 33.2 Å². The quantitative estimate of drug-likeness (QED) is 0.736. The highest BCUT2D eigenvalue weighted by Crippen LogP contribution is 2.34. The number of amides is 2. The lowest BCUT2D eigenvalue weighted by Gasteiger charge is -2.34. The van der Waals surface area contributed by atoms with Crippen LogP contribution < -0.4 is 0 Å². The predicted octanol–water partition coefficient (Wildman–Crippen LogP) is 3.14. The van der Waals surface area contributed by atoms with Gasteiger partial charge in [0.1, 0.15) is 5.70 Å². The first-order valence-corrected chi connectivity index (χ1v) is 10.5. The Balaban J connectivity index is 1.75. The first-order valence-electron chi connectivity index (χ1n) is 10.5. The van der Waals surface area contributed by atoms with Crippen LogP contribution in [0, 0.1) is 20.8 Å². The van der Waals surface area contributed by atoms with Crippen LogP contribution in [0.4, 0.5) is 0 Å². The van der Waals surface area contributed by atoms with E-state index in [0.717, 1.165) is 54.0 Å². The summed E-state index contributed by atoms with van der Waals surface area (Å²) in [5.41, 5.74) is 6.26. The maximum atomic E-state index is 13.6. The van der Waals surface area contributed by atoms with Crippen LogP contribution in [0.1, 0.15) is 27.8 Å². The third-order valence-electron chi connectivity index (χ3n) is 6.08. The molecule has 0 aromatic heterocycles. The fraction of sp³-hybridized carbons (Fsp3) is 0.360. The van der Waals surface area contributed by atoms with Crippen molar-refractivity contribution in [2.45, 2.75) is 27.3 Å². The van der Waals surface area contributed by atoms with Gasteiger partial charge >= 0.3 is 0 Å². The highest BCUT2D eigenvalue weighted by Gasteiger charge is 2.42. The SMILES string of the molecule is Cc1ccc(CN2C(=O)C(c3ccc(C)cc3C)=C(N3CCN(C)CC3)C2=O)cc1. The smallest absolute Gasteiger partial charge is 0.278 e. The molecule has 5 heteroatoms. The van der Waals surface area contributed by atoms with E-state index in [1.165, 1.54) is 4.90 Å². The molecule has 1 fully saturated rings. The second-order valence-corrected chi connectivity index (χ2v) is 8.51. The number of aryl methyl sites for hydroxylation is 3. The summed E-state index contributed by atoms with van der Waals surface area (Å²) in [6.45, 7) is 9.63. The van der Waals surface area contributed by atoms with E-state index in [4.69, 9.17) is 0 Å². The number of hydrogen-bond donors (Lipinski definition) is 0. The Morgan fingerprint density at radius 3 is 2.07 bits per heavy atom. The number of carbonyl (C=O) groups is 2. The molecule has 2 amide bonds. The Bertz CT molecular complexity index is 1020. The van der Waals surface area contributed by atoms with Gasteiger partial charge < -0.3 is 9.80 Å². The number of likely N-dealkylation sites (N-methyl/N-ethyl adjacent to an activating group) is 1. The molecule has 2 aliphatic heterocycles. The van der Waals surface area contributed by atoms with E-state index in [0.29, 0.717) is 17.8 Å². The Morgan fingerprint density at radius 1 is 0.800 bits per heavy atom. The second-order valence-electron chi connectivity index (χ2n) is 8.51. The zero-order valence-electron chi connectivity index (χ0n) is 18.2. The number of carbonyl (C=O) groups excluding carboxylic acids is 2. The monoisotopic (exact) mass is 403 g/mol. The summed E-state index contributed by atoms with van der Waals surface area (Å²) in [5.74, 6) is -0.374.